The number of hydrogen-bond acceptors (Lipinski definition) is 3. The van der Waals surface area contributed by atoms with E-state index in [1.54, 1.807) is 6.20 Å². The van der Waals surface area contributed by atoms with Crippen LogP contribution in [0.3, 0.4) is 0 Å². The third-order valence-electron chi connectivity index (χ3n) is 2.85. The molecule has 16 heavy (non-hydrogen) atoms. The second kappa shape index (κ2) is 6.89. The summed E-state index contributed by atoms with van der Waals surface area (Å²) in [5, 5.41) is 0. The zero-order valence-electron chi connectivity index (χ0n) is 8.89. The zero-order chi connectivity index (χ0) is 9.97. The lowest BCUT2D eigenvalue weighted by molar-refractivity contribution is 0.384. The van der Waals surface area contributed by atoms with E-state index in [-0.39, 0.29) is 30.4 Å². The van der Waals surface area contributed by atoms with Crippen molar-refractivity contribution < 1.29 is 0 Å². The molecule has 1 heterocycles. The van der Waals surface area contributed by atoms with E-state index in [0.29, 0.717) is 12.0 Å². The van der Waals surface area contributed by atoms with Crippen LogP contribution in [0.5, 0.6) is 0 Å². The zero-order valence-corrected chi connectivity index (χ0v) is 10.5. The monoisotopic (exact) mass is 265 g/mol. The molecule has 4 nitrogen and oxygen atoms in total. The lowest BCUT2D eigenvalue weighted by Crippen LogP contribution is -2.27. The van der Waals surface area contributed by atoms with Crippen molar-refractivity contribution in [2.45, 2.75) is 37.6 Å². The smallest absolute Gasteiger partial charge is 0.250 e. The van der Waals surface area contributed by atoms with Crippen molar-refractivity contribution in [3.63, 3.8) is 0 Å². The fourth-order valence-corrected chi connectivity index (χ4v) is 1.99. The van der Waals surface area contributed by atoms with Gasteiger partial charge in [0.05, 0.1) is 0 Å². The highest BCUT2D eigenvalue weighted by Gasteiger charge is 2.21. The fourth-order valence-electron chi connectivity index (χ4n) is 1.99. The molecule has 0 unspecified atom stereocenters. The van der Waals surface area contributed by atoms with Gasteiger partial charge in [-0.15, -0.1) is 24.8 Å². The first-order chi connectivity index (χ1) is 6.75. The normalized spacial score (nSPS) is 24.1. The molecule has 0 amide bonds. The Morgan fingerprint density at radius 3 is 2.44 bits per heavy atom. The molecule has 0 saturated heterocycles. The minimum absolute atomic E-state index is 0. The van der Waals surface area contributed by atoms with E-state index in [2.05, 4.69) is 9.97 Å². The quantitative estimate of drug-likeness (QED) is 0.811. The molecule has 1 aromatic rings. The number of nitrogens with one attached hydrogen (secondary N) is 1. The van der Waals surface area contributed by atoms with Crippen molar-refractivity contribution in [3.8, 4) is 0 Å². The highest BCUT2D eigenvalue weighted by atomic mass is 35.5. The fraction of sp³-hybridized carbons (Fsp3) is 0.600. The van der Waals surface area contributed by atoms with Gasteiger partial charge in [0.15, 0.2) is 0 Å². The number of hydrogen-bond donors (Lipinski definition) is 2. The summed E-state index contributed by atoms with van der Waals surface area (Å²) >= 11 is 0. The van der Waals surface area contributed by atoms with Crippen LogP contribution >= 0.6 is 24.8 Å². The summed E-state index contributed by atoms with van der Waals surface area (Å²) in [5.74, 6) is 1.22. The van der Waals surface area contributed by atoms with Crippen LogP contribution in [0.15, 0.2) is 17.1 Å². The minimum Gasteiger partial charge on any atom is -0.328 e. The summed E-state index contributed by atoms with van der Waals surface area (Å²) in [6.07, 6.45) is 5.71. The molecule has 0 bridgehead atoms. The molecule has 0 spiro atoms. The molecule has 6 heteroatoms. The molecule has 0 radical (unpaired) electrons. The minimum atomic E-state index is -0.0649. The molecule has 1 fully saturated rings. The molecule has 92 valence electrons. The standard InChI is InChI=1S/C10H15N3O.2ClH/c11-8-3-1-7(2-4-8)10-12-6-5-9(14)13-10;;/h5-8H,1-4,11H2,(H,12,13,14);2*1H. The number of halogens is 2. The van der Waals surface area contributed by atoms with Gasteiger partial charge in [0.2, 0.25) is 0 Å². The van der Waals surface area contributed by atoms with Crippen molar-refractivity contribution >= 4 is 24.8 Å². The molecular formula is C10H17Cl2N3O. The van der Waals surface area contributed by atoms with E-state index in [4.69, 9.17) is 5.73 Å². The molecule has 1 aromatic heterocycles. The van der Waals surface area contributed by atoms with Gasteiger partial charge >= 0.3 is 0 Å². The molecule has 1 aliphatic carbocycles. The molecule has 2 rings (SSSR count). The predicted molar refractivity (Wildman–Crippen MR) is 68.5 cm³/mol. The molecule has 0 atom stereocenters. The van der Waals surface area contributed by atoms with E-state index >= 15 is 0 Å². The van der Waals surface area contributed by atoms with E-state index in [1.165, 1.54) is 6.07 Å². The highest BCUT2D eigenvalue weighted by molar-refractivity contribution is 5.85. The van der Waals surface area contributed by atoms with Crippen molar-refractivity contribution in [2.24, 2.45) is 5.73 Å². The Balaban J connectivity index is 0.00000112. The topological polar surface area (TPSA) is 71.8 Å². The first-order valence-electron chi connectivity index (χ1n) is 5.06. The Morgan fingerprint density at radius 2 is 1.88 bits per heavy atom. The number of aromatic nitrogens is 2. The van der Waals surface area contributed by atoms with Crippen LogP contribution in [0.25, 0.3) is 0 Å². The summed E-state index contributed by atoms with van der Waals surface area (Å²) in [6.45, 7) is 0. The number of nitrogens with zero attached hydrogens (tertiary/aromatic N) is 1. The van der Waals surface area contributed by atoms with Crippen LogP contribution in [0, 0.1) is 0 Å². The maximum Gasteiger partial charge on any atom is 0.250 e. The Morgan fingerprint density at radius 1 is 1.25 bits per heavy atom. The lowest BCUT2D eigenvalue weighted by atomic mass is 9.86. The van der Waals surface area contributed by atoms with Crippen molar-refractivity contribution in [1.82, 2.24) is 9.97 Å². The van der Waals surface area contributed by atoms with Crippen LogP contribution in [-0.4, -0.2) is 16.0 Å². The summed E-state index contributed by atoms with van der Waals surface area (Å²) in [6, 6.07) is 1.78. The van der Waals surface area contributed by atoms with Gasteiger partial charge in [-0.2, -0.15) is 0 Å². The number of nitrogens with two attached hydrogens (primary N) is 1. The van der Waals surface area contributed by atoms with E-state index in [1.807, 2.05) is 0 Å². The SMILES string of the molecule is Cl.Cl.NC1CCC(c2nccc(=O)[nH]2)CC1. The van der Waals surface area contributed by atoms with Crippen molar-refractivity contribution in [3.05, 3.63) is 28.4 Å². The molecule has 3 N–H and O–H groups in total. The summed E-state index contributed by atoms with van der Waals surface area (Å²) < 4.78 is 0. The molecule has 0 aromatic carbocycles. The molecule has 1 saturated carbocycles. The Hall–Kier alpha value is -0.580. The first-order valence-corrected chi connectivity index (χ1v) is 5.06. The Bertz CT molecular complexity index is 361. The van der Waals surface area contributed by atoms with Gasteiger partial charge in [-0.3, -0.25) is 4.79 Å². The molecule has 1 aliphatic rings. The predicted octanol–water partition coefficient (Wildman–Crippen LogP) is 1.60. The van der Waals surface area contributed by atoms with E-state index < -0.39 is 0 Å². The summed E-state index contributed by atoms with van der Waals surface area (Å²) in [7, 11) is 0. The van der Waals surface area contributed by atoms with Crippen LogP contribution in [0.2, 0.25) is 0 Å². The number of aromatic amines is 1. The van der Waals surface area contributed by atoms with Gasteiger partial charge in [-0.25, -0.2) is 4.98 Å². The number of H-pyrrole nitrogens is 1. The highest BCUT2D eigenvalue weighted by Crippen LogP contribution is 2.29. The third-order valence-corrected chi connectivity index (χ3v) is 2.85. The van der Waals surface area contributed by atoms with Crippen molar-refractivity contribution in [2.75, 3.05) is 0 Å². The van der Waals surface area contributed by atoms with E-state index in [9.17, 15) is 4.79 Å². The van der Waals surface area contributed by atoms with Crippen LogP contribution < -0.4 is 11.3 Å². The van der Waals surface area contributed by atoms with Gasteiger partial charge in [0.1, 0.15) is 5.82 Å². The van der Waals surface area contributed by atoms with Crippen molar-refractivity contribution in [1.29, 1.82) is 0 Å². The van der Waals surface area contributed by atoms with E-state index in [0.717, 1.165) is 31.5 Å². The van der Waals surface area contributed by atoms with Crippen LogP contribution in [-0.2, 0) is 0 Å². The summed E-state index contributed by atoms with van der Waals surface area (Å²) in [5.41, 5.74) is 5.75. The lowest BCUT2D eigenvalue weighted by Gasteiger charge is -2.24. The first kappa shape index (κ1) is 15.4. The van der Waals surface area contributed by atoms with Gasteiger partial charge in [-0.05, 0) is 25.7 Å². The maximum absolute atomic E-state index is 11.1. The third kappa shape index (κ3) is 3.77. The van der Waals surface area contributed by atoms with Gasteiger partial charge < -0.3 is 10.7 Å². The Labute approximate surface area is 107 Å². The van der Waals surface area contributed by atoms with Gasteiger partial charge in [-0.1, -0.05) is 0 Å². The number of rotatable bonds is 1. The maximum atomic E-state index is 11.1. The average molecular weight is 266 g/mol. The average Bonchev–Trinajstić information content (AvgIpc) is 2.19. The largest absolute Gasteiger partial charge is 0.328 e. The Kier molecular flexibility index (Phi) is 6.64. The van der Waals surface area contributed by atoms with Crippen LogP contribution in [0.1, 0.15) is 37.4 Å². The second-order valence-electron chi connectivity index (χ2n) is 3.93. The summed E-state index contributed by atoms with van der Waals surface area (Å²) in [4.78, 5) is 18.1. The van der Waals surface area contributed by atoms with Crippen LogP contribution in [0.4, 0.5) is 0 Å². The molecular weight excluding hydrogens is 249 g/mol. The van der Waals surface area contributed by atoms with Gasteiger partial charge in [0.25, 0.3) is 5.56 Å². The van der Waals surface area contributed by atoms with Gasteiger partial charge in [0, 0.05) is 24.2 Å². The molecule has 0 aliphatic heterocycles. The second-order valence-corrected chi connectivity index (χ2v) is 3.93.